The Bertz CT molecular complexity index is 138. The van der Waals surface area contributed by atoms with Crippen LogP contribution in [0.2, 0.25) is 0 Å². The summed E-state index contributed by atoms with van der Waals surface area (Å²) < 4.78 is 15.9. The Morgan fingerprint density at radius 1 is 0.688 bits per heavy atom. The molecule has 4 nitrogen and oxygen atoms in total. The van der Waals surface area contributed by atoms with Crippen molar-refractivity contribution in [2.75, 3.05) is 41.0 Å². The predicted molar refractivity (Wildman–Crippen MR) is 65.9 cm³/mol. The van der Waals surface area contributed by atoms with Gasteiger partial charge in [0.2, 0.25) is 0 Å². The van der Waals surface area contributed by atoms with Crippen LogP contribution in [-0.2, 0) is 14.2 Å². The molecule has 0 aliphatic carbocycles. The molecule has 16 heavy (non-hydrogen) atoms. The monoisotopic (exact) mass is 233 g/mol. The largest absolute Gasteiger partial charge is 0.380 e. The summed E-state index contributed by atoms with van der Waals surface area (Å²) in [6.07, 6.45) is 0.689. The number of rotatable bonds is 9. The van der Waals surface area contributed by atoms with E-state index in [0.717, 1.165) is 19.6 Å². The number of hydrogen-bond donors (Lipinski definition) is 0. The van der Waals surface area contributed by atoms with E-state index in [1.54, 1.807) is 21.3 Å². The van der Waals surface area contributed by atoms with Gasteiger partial charge in [-0.1, -0.05) is 0 Å². The Labute approximate surface area is 99.9 Å². The van der Waals surface area contributed by atoms with Crippen molar-refractivity contribution in [1.29, 1.82) is 0 Å². The fourth-order valence-corrected chi connectivity index (χ4v) is 1.54. The quantitative estimate of drug-likeness (QED) is 0.602. The Morgan fingerprint density at radius 3 is 1.12 bits per heavy atom. The van der Waals surface area contributed by atoms with Crippen LogP contribution in [0.4, 0.5) is 0 Å². The molecule has 0 fully saturated rings. The highest BCUT2D eigenvalue weighted by Gasteiger charge is 2.15. The van der Waals surface area contributed by atoms with Gasteiger partial charge in [-0.2, -0.15) is 0 Å². The maximum absolute atomic E-state index is 5.29. The molecule has 0 amide bonds. The molecule has 0 bridgehead atoms. The summed E-state index contributed by atoms with van der Waals surface area (Å²) in [5.41, 5.74) is 0. The predicted octanol–water partition coefficient (Wildman–Crippen LogP) is 1.39. The molecule has 0 aromatic heterocycles. The second-order valence-corrected chi connectivity index (χ2v) is 4.36. The molecule has 98 valence electrons. The van der Waals surface area contributed by atoms with Crippen molar-refractivity contribution in [3.8, 4) is 0 Å². The van der Waals surface area contributed by atoms with E-state index in [2.05, 4.69) is 25.7 Å². The first-order chi connectivity index (χ1) is 7.53. The number of hydrogen-bond acceptors (Lipinski definition) is 4. The van der Waals surface area contributed by atoms with Crippen molar-refractivity contribution in [2.24, 2.45) is 0 Å². The van der Waals surface area contributed by atoms with Gasteiger partial charge in [0.05, 0.1) is 18.3 Å². The smallest absolute Gasteiger partial charge is 0.0670 e. The minimum Gasteiger partial charge on any atom is -0.380 e. The Balaban J connectivity index is 4.15. The summed E-state index contributed by atoms with van der Waals surface area (Å²) in [4.78, 5) is 2.32. The summed E-state index contributed by atoms with van der Waals surface area (Å²) in [6.45, 7) is 8.92. The zero-order valence-electron chi connectivity index (χ0n) is 11.5. The van der Waals surface area contributed by atoms with Crippen molar-refractivity contribution in [3.63, 3.8) is 0 Å². The first-order valence-corrected chi connectivity index (χ1v) is 5.84. The Kier molecular flexibility index (Phi) is 8.84. The van der Waals surface area contributed by atoms with Gasteiger partial charge in [0.1, 0.15) is 0 Å². The van der Waals surface area contributed by atoms with Crippen molar-refractivity contribution < 1.29 is 14.2 Å². The van der Waals surface area contributed by atoms with Gasteiger partial charge < -0.3 is 14.2 Å². The third kappa shape index (κ3) is 7.17. The highest BCUT2D eigenvalue weighted by Crippen LogP contribution is 2.02. The Hall–Kier alpha value is -0.160. The molecule has 0 aliphatic heterocycles. The van der Waals surface area contributed by atoms with Gasteiger partial charge in [-0.15, -0.1) is 0 Å². The van der Waals surface area contributed by atoms with Gasteiger partial charge in [0.25, 0.3) is 0 Å². The lowest BCUT2D eigenvalue weighted by Gasteiger charge is -2.29. The SMILES string of the molecule is CO[C@H](C)CN(C[C@@H](C)OC)C[C@@H](C)OC. The van der Waals surface area contributed by atoms with Crippen LogP contribution in [0.25, 0.3) is 0 Å². The third-order valence-electron chi connectivity index (χ3n) is 2.75. The molecule has 0 saturated heterocycles. The molecular formula is C12H27NO3. The molecule has 0 radical (unpaired) electrons. The summed E-state index contributed by atoms with van der Waals surface area (Å²) in [5, 5.41) is 0. The van der Waals surface area contributed by atoms with Crippen molar-refractivity contribution in [1.82, 2.24) is 4.90 Å². The van der Waals surface area contributed by atoms with E-state index in [1.807, 2.05) is 0 Å². The minimum absolute atomic E-state index is 0.230. The van der Waals surface area contributed by atoms with Crippen molar-refractivity contribution in [3.05, 3.63) is 0 Å². The van der Waals surface area contributed by atoms with Crippen molar-refractivity contribution in [2.45, 2.75) is 39.1 Å². The molecule has 0 rings (SSSR count). The van der Waals surface area contributed by atoms with Gasteiger partial charge in [-0.3, -0.25) is 4.90 Å². The van der Waals surface area contributed by atoms with Gasteiger partial charge >= 0.3 is 0 Å². The average Bonchev–Trinajstić information content (AvgIpc) is 2.28. The second-order valence-electron chi connectivity index (χ2n) is 4.36. The zero-order chi connectivity index (χ0) is 12.6. The Morgan fingerprint density at radius 2 is 0.938 bits per heavy atom. The number of nitrogens with zero attached hydrogens (tertiary/aromatic N) is 1. The summed E-state index contributed by atoms with van der Waals surface area (Å²) in [6, 6.07) is 0. The number of ether oxygens (including phenoxy) is 3. The molecule has 4 heteroatoms. The first-order valence-electron chi connectivity index (χ1n) is 5.84. The molecule has 0 N–H and O–H groups in total. The van der Waals surface area contributed by atoms with E-state index in [1.165, 1.54) is 0 Å². The van der Waals surface area contributed by atoms with Gasteiger partial charge in [-0.25, -0.2) is 0 Å². The standard InChI is InChI=1S/C12H27NO3/c1-10(14-4)7-13(8-11(2)15-5)9-12(3)16-6/h10-12H,7-9H2,1-6H3/t10-,11-,12-/m1/s1. The highest BCUT2D eigenvalue weighted by molar-refractivity contribution is 4.68. The van der Waals surface area contributed by atoms with Crippen LogP contribution in [0, 0.1) is 0 Å². The molecule has 0 aromatic carbocycles. The maximum Gasteiger partial charge on any atom is 0.0670 e. The lowest BCUT2D eigenvalue weighted by atomic mass is 10.2. The van der Waals surface area contributed by atoms with Crippen LogP contribution in [0.15, 0.2) is 0 Å². The third-order valence-corrected chi connectivity index (χ3v) is 2.75. The molecule has 0 aliphatic rings. The van der Waals surface area contributed by atoms with E-state index in [0.29, 0.717) is 0 Å². The van der Waals surface area contributed by atoms with Crippen LogP contribution in [0.5, 0.6) is 0 Å². The van der Waals surface area contributed by atoms with E-state index in [9.17, 15) is 0 Å². The first kappa shape index (κ1) is 15.8. The van der Waals surface area contributed by atoms with E-state index >= 15 is 0 Å². The number of methoxy groups -OCH3 is 3. The molecular weight excluding hydrogens is 206 g/mol. The second kappa shape index (κ2) is 8.93. The molecule has 0 spiro atoms. The molecule has 0 saturated carbocycles. The van der Waals surface area contributed by atoms with Gasteiger partial charge in [0.15, 0.2) is 0 Å². The maximum atomic E-state index is 5.29. The molecule has 0 unspecified atom stereocenters. The van der Waals surface area contributed by atoms with Crippen LogP contribution >= 0.6 is 0 Å². The normalized spacial score (nSPS) is 17.4. The van der Waals surface area contributed by atoms with Crippen LogP contribution in [0.3, 0.4) is 0 Å². The summed E-state index contributed by atoms with van der Waals surface area (Å²) >= 11 is 0. The van der Waals surface area contributed by atoms with Crippen LogP contribution < -0.4 is 0 Å². The molecule has 0 aromatic rings. The van der Waals surface area contributed by atoms with E-state index in [4.69, 9.17) is 14.2 Å². The fraction of sp³-hybridized carbons (Fsp3) is 1.00. The average molecular weight is 233 g/mol. The molecule has 0 heterocycles. The molecule has 3 atom stereocenters. The van der Waals surface area contributed by atoms with Gasteiger partial charge in [0, 0.05) is 41.0 Å². The lowest BCUT2D eigenvalue weighted by molar-refractivity contribution is 0.0123. The lowest BCUT2D eigenvalue weighted by Crippen LogP contribution is -2.41. The zero-order valence-corrected chi connectivity index (χ0v) is 11.5. The van der Waals surface area contributed by atoms with Crippen LogP contribution in [-0.4, -0.2) is 64.2 Å². The van der Waals surface area contributed by atoms with Gasteiger partial charge in [-0.05, 0) is 20.8 Å². The fourth-order valence-electron chi connectivity index (χ4n) is 1.54. The topological polar surface area (TPSA) is 30.9 Å². The highest BCUT2D eigenvalue weighted by atomic mass is 16.5. The minimum atomic E-state index is 0.230. The summed E-state index contributed by atoms with van der Waals surface area (Å²) in [7, 11) is 5.22. The van der Waals surface area contributed by atoms with Crippen molar-refractivity contribution >= 4 is 0 Å². The summed E-state index contributed by atoms with van der Waals surface area (Å²) in [5.74, 6) is 0. The van der Waals surface area contributed by atoms with E-state index in [-0.39, 0.29) is 18.3 Å². The van der Waals surface area contributed by atoms with Crippen LogP contribution in [0.1, 0.15) is 20.8 Å². The van der Waals surface area contributed by atoms with E-state index < -0.39 is 0 Å².